The largest absolute Gasteiger partial charge is 0.449 e. The molecule has 0 radical (unpaired) electrons. The fourth-order valence-electron chi connectivity index (χ4n) is 3.01. The van der Waals surface area contributed by atoms with E-state index in [1.165, 1.54) is 38.2 Å². The van der Waals surface area contributed by atoms with Crippen LogP contribution in [0.25, 0.3) is 0 Å². The van der Waals surface area contributed by atoms with Crippen LogP contribution in [0, 0.1) is 6.92 Å². The van der Waals surface area contributed by atoms with E-state index in [-0.39, 0.29) is 10.5 Å². The predicted molar refractivity (Wildman–Crippen MR) is 132 cm³/mol. The van der Waals surface area contributed by atoms with Gasteiger partial charge in [-0.2, -0.15) is 0 Å². The van der Waals surface area contributed by atoms with Gasteiger partial charge in [0.1, 0.15) is 0 Å². The van der Waals surface area contributed by atoms with Gasteiger partial charge in [0, 0.05) is 12.7 Å². The van der Waals surface area contributed by atoms with E-state index in [1.54, 1.807) is 54.6 Å². The number of imide groups is 1. The Kier molecular flexibility index (Phi) is 7.87. The second-order valence-corrected chi connectivity index (χ2v) is 9.66. The quantitative estimate of drug-likeness (QED) is 0.482. The lowest BCUT2D eigenvalue weighted by Crippen LogP contribution is -2.41. The Morgan fingerprint density at radius 1 is 0.914 bits per heavy atom. The second-order valence-electron chi connectivity index (χ2n) is 7.69. The summed E-state index contributed by atoms with van der Waals surface area (Å²) in [5.41, 5.74) is 1.87. The molecule has 3 rings (SSSR count). The van der Waals surface area contributed by atoms with Crippen molar-refractivity contribution in [2.45, 2.75) is 24.8 Å². The van der Waals surface area contributed by atoms with Crippen molar-refractivity contribution in [1.82, 2.24) is 5.32 Å². The number of rotatable bonds is 7. The molecule has 0 spiro atoms. The molecule has 0 heterocycles. The van der Waals surface area contributed by atoms with Crippen LogP contribution in [0.4, 0.5) is 16.2 Å². The van der Waals surface area contributed by atoms with E-state index < -0.39 is 34.0 Å². The summed E-state index contributed by atoms with van der Waals surface area (Å²) in [6.45, 7) is 3.19. The number of hydrogen-bond donors (Lipinski definition) is 2. The SMILES string of the molecule is Cc1ccc(N(C)S(=O)(=O)c2cccc(C(=O)OC(C)C(=O)NC(=O)Nc3ccccc3)c2)cc1. The van der Waals surface area contributed by atoms with Gasteiger partial charge in [-0.3, -0.25) is 14.4 Å². The number of carbonyl (C=O) groups is 3. The first-order valence-electron chi connectivity index (χ1n) is 10.6. The molecule has 0 saturated carbocycles. The van der Waals surface area contributed by atoms with Crippen LogP contribution in [0.2, 0.25) is 0 Å². The Morgan fingerprint density at radius 3 is 2.23 bits per heavy atom. The van der Waals surface area contributed by atoms with Crippen molar-refractivity contribution < 1.29 is 27.5 Å². The summed E-state index contributed by atoms with van der Waals surface area (Å²) in [6, 6.07) is 20.0. The van der Waals surface area contributed by atoms with Crippen LogP contribution in [-0.2, 0) is 19.6 Å². The molecule has 3 aromatic rings. The number of aryl methyl sites for hydroxylation is 1. The zero-order valence-electron chi connectivity index (χ0n) is 19.4. The lowest BCUT2D eigenvalue weighted by Gasteiger charge is -2.20. The number of carbonyl (C=O) groups excluding carboxylic acids is 3. The monoisotopic (exact) mass is 495 g/mol. The second kappa shape index (κ2) is 10.8. The van der Waals surface area contributed by atoms with Gasteiger partial charge in [-0.1, -0.05) is 42.0 Å². The molecule has 9 nitrogen and oxygen atoms in total. The Balaban J connectivity index is 1.66. The minimum atomic E-state index is -3.96. The fourth-order valence-corrected chi connectivity index (χ4v) is 4.26. The van der Waals surface area contributed by atoms with Crippen LogP contribution in [0.5, 0.6) is 0 Å². The first-order valence-corrected chi connectivity index (χ1v) is 12.1. The molecule has 0 bridgehead atoms. The standard InChI is InChI=1S/C25H25N3O6S/c1-17-12-14-21(15-13-17)28(3)35(32,33)22-11-7-8-19(16-22)24(30)34-18(2)23(29)27-25(31)26-20-9-5-4-6-10-20/h4-16,18H,1-3H3,(H2,26,27,29,31). The normalized spacial score (nSPS) is 11.7. The van der Waals surface area contributed by atoms with E-state index in [0.717, 1.165) is 9.87 Å². The number of benzene rings is 3. The van der Waals surface area contributed by atoms with Crippen molar-refractivity contribution in [3.63, 3.8) is 0 Å². The highest BCUT2D eigenvalue weighted by molar-refractivity contribution is 7.92. The molecule has 1 unspecified atom stereocenters. The van der Waals surface area contributed by atoms with E-state index in [0.29, 0.717) is 11.4 Å². The average molecular weight is 496 g/mol. The molecular formula is C25H25N3O6S. The number of sulfonamides is 1. The molecule has 35 heavy (non-hydrogen) atoms. The van der Waals surface area contributed by atoms with Gasteiger partial charge in [-0.15, -0.1) is 0 Å². The Hall–Kier alpha value is -4.18. The van der Waals surface area contributed by atoms with E-state index >= 15 is 0 Å². The molecule has 3 amide bonds. The molecule has 2 N–H and O–H groups in total. The van der Waals surface area contributed by atoms with Crippen molar-refractivity contribution in [1.29, 1.82) is 0 Å². The number of esters is 1. The van der Waals surface area contributed by atoms with Gasteiger partial charge in [0.25, 0.3) is 15.9 Å². The predicted octanol–water partition coefficient (Wildman–Crippen LogP) is 3.71. The van der Waals surface area contributed by atoms with Gasteiger partial charge >= 0.3 is 12.0 Å². The number of nitrogens with one attached hydrogen (secondary N) is 2. The van der Waals surface area contributed by atoms with E-state index in [4.69, 9.17) is 4.74 Å². The third-order valence-corrected chi connectivity index (χ3v) is 6.83. The molecule has 0 aliphatic carbocycles. The van der Waals surface area contributed by atoms with Crippen LogP contribution in [-0.4, -0.2) is 39.5 Å². The summed E-state index contributed by atoms with van der Waals surface area (Å²) in [6.07, 6.45) is -1.31. The highest BCUT2D eigenvalue weighted by Crippen LogP contribution is 2.23. The number of ether oxygens (including phenoxy) is 1. The molecule has 0 aliphatic heterocycles. The molecule has 182 valence electrons. The van der Waals surface area contributed by atoms with Crippen LogP contribution in [0.3, 0.4) is 0 Å². The minimum absolute atomic E-state index is 0.0585. The van der Waals surface area contributed by atoms with E-state index in [9.17, 15) is 22.8 Å². The van der Waals surface area contributed by atoms with Crippen molar-refractivity contribution >= 4 is 39.3 Å². The maximum atomic E-state index is 13.1. The summed E-state index contributed by atoms with van der Waals surface area (Å²) in [4.78, 5) is 36.7. The highest BCUT2D eigenvalue weighted by Gasteiger charge is 2.25. The maximum Gasteiger partial charge on any atom is 0.338 e. The number of nitrogens with zero attached hydrogens (tertiary/aromatic N) is 1. The molecule has 0 aliphatic rings. The number of hydrogen-bond acceptors (Lipinski definition) is 6. The molecule has 0 fully saturated rings. The zero-order chi connectivity index (χ0) is 25.6. The minimum Gasteiger partial charge on any atom is -0.449 e. The third-order valence-electron chi connectivity index (χ3n) is 5.05. The lowest BCUT2D eigenvalue weighted by atomic mass is 10.2. The Bertz CT molecular complexity index is 1320. The number of urea groups is 1. The first-order chi connectivity index (χ1) is 16.6. The van der Waals surface area contributed by atoms with Gasteiger partial charge in [0.2, 0.25) is 0 Å². The summed E-state index contributed by atoms with van der Waals surface area (Å²) in [7, 11) is -2.54. The van der Waals surface area contributed by atoms with Crippen molar-refractivity contribution in [3.05, 3.63) is 90.0 Å². The maximum absolute atomic E-state index is 13.1. The zero-order valence-corrected chi connectivity index (χ0v) is 20.2. The summed E-state index contributed by atoms with van der Waals surface area (Å²) in [5, 5.41) is 4.57. The molecular weight excluding hydrogens is 470 g/mol. The fraction of sp³-hybridized carbons (Fsp3) is 0.160. The van der Waals surface area contributed by atoms with Gasteiger partial charge in [0.05, 0.1) is 16.1 Å². The van der Waals surface area contributed by atoms with E-state index in [2.05, 4.69) is 10.6 Å². The topological polar surface area (TPSA) is 122 Å². The van der Waals surface area contributed by atoms with Gasteiger partial charge in [-0.05, 0) is 56.3 Å². The Morgan fingerprint density at radius 2 is 1.57 bits per heavy atom. The van der Waals surface area contributed by atoms with Crippen LogP contribution >= 0.6 is 0 Å². The van der Waals surface area contributed by atoms with Crippen LogP contribution in [0.15, 0.2) is 83.8 Å². The van der Waals surface area contributed by atoms with Crippen molar-refractivity contribution in [3.8, 4) is 0 Å². The molecule has 0 saturated heterocycles. The van der Waals surface area contributed by atoms with Crippen molar-refractivity contribution in [2.75, 3.05) is 16.7 Å². The van der Waals surface area contributed by atoms with Gasteiger partial charge in [0.15, 0.2) is 6.10 Å². The smallest absolute Gasteiger partial charge is 0.338 e. The number of anilines is 2. The number of amides is 3. The highest BCUT2D eigenvalue weighted by atomic mass is 32.2. The van der Waals surface area contributed by atoms with E-state index in [1.807, 2.05) is 6.92 Å². The first kappa shape index (κ1) is 25.4. The summed E-state index contributed by atoms with van der Waals surface area (Å²) < 4.78 is 32.4. The van der Waals surface area contributed by atoms with Crippen LogP contribution < -0.4 is 14.9 Å². The van der Waals surface area contributed by atoms with Gasteiger partial charge < -0.3 is 10.1 Å². The molecule has 1 atom stereocenters. The average Bonchev–Trinajstić information content (AvgIpc) is 2.84. The Labute approximate surface area is 203 Å². The summed E-state index contributed by atoms with van der Waals surface area (Å²) in [5.74, 6) is -1.75. The van der Waals surface area contributed by atoms with Crippen LogP contribution in [0.1, 0.15) is 22.8 Å². The lowest BCUT2D eigenvalue weighted by molar-refractivity contribution is -0.127. The van der Waals surface area contributed by atoms with Gasteiger partial charge in [-0.25, -0.2) is 18.0 Å². The molecule has 10 heteroatoms. The molecule has 0 aromatic heterocycles. The summed E-state index contributed by atoms with van der Waals surface area (Å²) >= 11 is 0. The van der Waals surface area contributed by atoms with Crippen molar-refractivity contribution in [2.24, 2.45) is 0 Å². The molecule has 3 aromatic carbocycles. The third kappa shape index (κ3) is 6.45. The number of para-hydroxylation sites is 1.